The molecule has 0 saturated carbocycles. The SMILES string of the molecule is FC(F)c1cc(N2CCC(c3nn[nH]n3)C2)c2cc(Cl)ccc2n1. The molecule has 0 bridgehead atoms. The van der Waals surface area contributed by atoms with E-state index in [2.05, 4.69) is 25.6 Å². The number of H-pyrrole nitrogens is 1. The quantitative estimate of drug-likeness (QED) is 0.784. The first kappa shape index (κ1) is 15.2. The van der Waals surface area contributed by atoms with E-state index in [9.17, 15) is 8.78 Å². The van der Waals surface area contributed by atoms with Crippen LogP contribution in [0.3, 0.4) is 0 Å². The summed E-state index contributed by atoms with van der Waals surface area (Å²) in [6, 6.07) is 6.53. The number of pyridine rings is 1. The predicted molar refractivity (Wildman–Crippen MR) is 85.5 cm³/mol. The number of nitrogens with one attached hydrogen (secondary N) is 1. The third kappa shape index (κ3) is 2.66. The van der Waals surface area contributed by atoms with Crippen LogP contribution in [0.2, 0.25) is 5.02 Å². The Balaban J connectivity index is 1.76. The van der Waals surface area contributed by atoms with E-state index in [1.807, 2.05) is 4.90 Å². The van der Waals surface area contributed by atoms with Crippen molar-refractivity contribution in [2.24, 2.45) is 0 Å². The molecule has 1 saturated heterocycles. The van der Waals surface area contributed by atoms with Crippen LogP contribution in [-0.4, -0.2) is 38.7 Å². The molecule has 0 aliphatic carbocycles. The lowest BCUT2D eigenvalue weighted by Gasteiger charge is -2.21. The zero-order chi connectivity index (χ0) is 16.7. The molecule has 24 heavy (non-hydrogen) atoms. The zero-order valence-electron chi connectivity index (χ0n) is 12.5. The van der Waals surface area contributed by atoms with Gasteiger partial charge in [0.05, 0.1) is 5.52 Å². The van der Waals surface area contributed by atoms with Gasteiger partial charge in [-0.25, -0.2) is 13.8 Å². The molecule has 0 radical (unpaired) electrons. The van der Waals surface area contributed by atoms with E-state index < -0.39 is 6.43 Å². The van der Waals surface area contributed by atoms with Crippen molar-refractivity contribution in [2.45, 2.75) is 18.8 Å². The number of halogens is 3. The van der Waals surface area contributed by atoms with Gasteiger partial charge in [0.1, 0.15) is 5.69 Å². The molecular formula is C15H13ClF2N6. The summed E-state index contributed by atoms with van der Waals surface area (Å²) in [5.41, 5.74) is 0.988. The number of anilines is 1. The van der Waals surface area contributed by atoms with E-state index in [-0.39, 0.29) is 11.6 Å². The number of hydrogen-bond donors (Lipinski definition) is 1. The summed E-state index contributed by atoms with van der Waals surface area (Å²) in [5, 5.41) is 15.4. The van der Waals surface area contributed by atoms with Crippen molar-refractivity contribution in [3.8, 4) is 0 Å². The minimum absolute atomic E-state index is 0.112. The van der Waals surface area contributed by atoms with Crippen molar-refractivity contribution >= 4 is 28.2 Å². The molecule has 1 fully saturated rings. The molecule has 0 spiro atoms. The standard InChI is InChI=1S/C15H13ClF2N6/c16-9-1-2-11-10(5-9)13(6-12(19-11)14(17)18)24-4-3-8(7-24)15-20-22-23-21-15/h1-2,5-6,8,14H,3-4,7H2,(H,20,21,22,23). The van der Waals surface area contributed by atoms with Gasteiger partial charge >= 0.3 is 0 Å². The summed E-state index contributed by atoms with van der Waals surface area (Å²) in [6.07, 6.45) is -1.80. The molecule has 1 aliphatic rings. The molecule has 1 atom stereocenters. The van der Waals surface area contributed by atoms with Crippen molar-refractivity contribution in [2.75, 3.05) is 18.0 Å². The van der Waals surface area contributed by atoms with Crippen LogP contribution in [-0.2, 0) is 0 Å². The number of aromatic nitrogens is 5. The summed E-state index contributed by atoms with van der Waals surface area (Å²) in [5.74, 6) is 0.754. The van der Waals surface area contributed by atoms with Crippen LogP contribution in [0.5, 0.6) is 0 Å². The maximum absolute atomic E-state index is 13.2. The fourth-order valence-electron chi connectivity index (χ4n) is 3.11. The lowest BCUT2D eigenvalue weighted by Crippen LogP contribution is -2.20. The number of aromatic amines is 1. The highest BCUT2D eigenvalue weighted by molar-refractivity contribution is 6.31. The first-order valence-electron chi connectivity index (χ1n) is 7.48. The van der Waals surface area contributed by atoms with Crippen molar-refractivity contribution in [1.82, 2.24) is 25.6 Å². The average molecular weight is 351 g/mol. The summed E-state index contributed by atoms with van der Waals surface area (Å²) in [6.45, 7) is 1.35. The Kier molecular flexibility index (Phi) is 3.76. The minimum atomic E-state index is -2.63. The van der Waals surface area contributed by atoms with Gasteiger partial charge in [0.2, 0.25) is 0 Å². The van der Waals surface area contributed by atoms with Crippen molar-refractivity contribution in [3.63, 3.8) is 0 Å². The Hall–Kier alpha value is -2.35. The molecule has 1 aromatic carbocycles. The minimum Gasteiger partial charge on any atom is -0.370 e. The van der Waals surface area contributed by atoms with Crippen molar-refractivity contribution in [3.05, 3.63) is 40.8 Å². The normalized spacial score (nSPS) is 18.0. The highest BCUT2D eigenvalue weighted by Crippen LogP contribution is 2.36. The fourth-order valence-corrected chi connectivity index (χ4v) is 3.28. The lowest BCUT2D eigenvalue weighted by atomic mass is 10.1. The molecule has 1 aliphatic heterocycles. The molecule has 1 unspecified atom stereocenters. The van der Waals surface area contributed by atoms with E-state index in [1.165, 1.54) is 6.07 Å². The molecule has 4 rings (SSSR count). The van der Waals surface area contributed by atoms with Crippen molar-refractivity contribution < 1.29 is 8.78 Å². The average Bonchev–Trinajstić information content (AvgIpc) is 3.25. The van der Waals surface area contributed by atoms with Gasteiger partial charge in [0, 0.05) is 35.1 Å². The Labute approximate surface area is 140 Å². The van der Waals surface area contributed by atoms with Gasteiger partial charge in [0.15, 0.2) is 5.82 Å². The van der Waals surface area contributed by atoms with Gasteiger partial charge in [-0.2, -0.15) is 5.21 Å². The van der Waals surface area contributed by atoms with Crippen LogP contribution in [0.25, 0.3) is 10.9 Å². The van der Waals surface area contributed by atoms with Crippen LogP contribution in [0.4, 0.5) is 14.5 Å². The summed E-state index contributed by atoms with van der Waals surface area (Å²) in [7, 11) is 0. The Bertz CT molecular complexity index is 870. The monoisotopic (exact) mass is 350 g/mol. The van der Waals surface area contributed by atoms with Gasteiger partial charge in [0.25, 0.3) is 6.43 Å². The van der Waals surface area contributed by atoms with Crippen molar-refractivity contribution in [1.29, 1.82) is 0 Å². The molecule has 0 amide bonds. The summed E-state index contributed by atoms with van der Waals surface area (Å²) in [4.78, 5) is 6.09. The van der Waals surface area contributed by atoms with E-state index in [4.69, 9.17) is 11.6 Å². The molecule has 124 valence electrons. The third-order valence-corrected chi connectivity index (χ3v) is 4.48. The van der Waals surface area contributed by atoms with Gasteiger partial charge < -0.3 is 4.90 Å². The summed E-state index contributed by atoms with van der Waals surface area (Å²) >= 11 is 6.08. The predicted octanol–water partition coefficient (Wildman–Crippen LogP) is 3.33. The van der Waals surface area contributed by atoms with Gasteiger partial charge in [-0.15, -0.1) is 10.2 Å². The maximum atomic E-state index is 13.2. The van der Waals surface area contributed by atoms with Gasteiger partial charge in [-0.3, -0.25) is 0 Å². The van der Waals surface area contributed by atoms with Crippen LogP contribution in [0.1, 0.15) is 30.3 Å². The molecule has 9 heteroatoms. The first-order valence-corrected chi connectivity index (χ1v) is 7.86. The van der Waals surface area contributed by atoms with E-state index >= 15 is 0 Å². The smallest absolute Gasteiger partial charge is 0.280 e. The number of tetrazole rings is 1. The zero-order valence-corrected chi connectivity index (χ0v) is 13.2. The highest BCUT2D eigenvalue weighted by Gasteiger charge is 2.29. The number of fused-ring (bicyclic) bond motifs is 1. The lowest BCUT2D eigenvalue weighted by molar-refractivity contribution is 0.146. The van der Waals surface area contributed by atoms with Gasteiger partial charge in [-0.05, 0) is 30.7 Å². The van der Waals surface area contributed by atoms with Crippen LogP contribution in [0.15, 0.2) is 24.3 Å². The number of alkyl halides is 2. The molecular weight excluding hydrogens is 338 g/mol. The number of hydrogen-bond acceptors (Lipinski definition) is 5. The largest absolute Gasteiger partial charge is 0.370 e. The highest BCUT2D eigenvalue weighted by atomic mass is 35.5. The number of benzene rings is 1. The third-order valence-electron chi connectivity index (χ3n) is 4.25. The molecule has 3 heterocycles. The fraction of sp³-hybridized carbons (Fsp3) is 0.333. The second-order valence-electron chi connectivity index (χ2n) is 5.73. The maximum Gasteiger partial charge on any atom is 0.280 e. The first-order chi connectivity index (χ1) is 11.6. The number of nitrogens with zero attached hydrogens (tertiary/aromatic N) is 5. The molecule has 6 nitrogen and oxygen atoms in total. The Morgan fingerprint density at radius 3 is 2.92 bits per heavy atom. The van der Waals surface area contributed by atoms with Crippen LogP contribution < -0.4 is 4.90 Å². The second-order valence-corrected chi connectivity index (χ2v) is 6.17. The van der Waals surface area contributed by atoms with E-state index in [0.29, 0.717) is 35.1 Å². The van der Waals surface area contributed by atoms with Crippen LogP contribution in [0, 0.1) is 0 Å². The number of rotatable bonds is 3. The van der Waals surface area contributed by atoms with E-state index in [1.54, 1.807) is 18.2 Å². The Morgan fingerprint density at radius 2 is 2.17 bits per heavy atom. The molecule has 3 aromatic rings. The van der Waals surface area contributed by atoms with Crippen LogP contribution >= 0.6 is 11.6 Å². The second kappa shape index (κ2) is 5.94. The van der Waals surface area contributed by atoms with E-state index in [0.717, 1.165) is 11.8 Å². The Morgan fingerprint density at radius 1 is 1.29 bits per heavy atom. The molecule has 2 aromatic heterocycles. The molecule has 1 N–H and O–H groups in total. The summed E-state index contributed by atoms with van der Waals surface area (Å²) < 4.78 is 26.4. The van der Waals surface area contributed by atoms with Gasteiger partial charge in [-0.1, -0.05) is 16.8 Å². The topological polar surface area (TPSA) is 70.6 Å².